The Labute approximate surface area is 204 Å². The van der Waals surface area contributed by atoms with E-state index in [0.717, 1.165) is 9.80 Å². The first-order chi connectivity index (χ1) is 16.9. The van der Waals surface area contributed by atoms with Gasteiger partial charge in [-0.3, -0.25) is 24.0 Å². The van der Waals surface area contributed by atoms with Crippen LogP contribution in [0, 0.1) is 12.7 Å². The monoisotopic (exact) mass is 485 g/mol. The number of halogens is 1. The summed E-state index contributed by atoms with van der Waals surface area (Å²) in [5.74, 6) is -1.72. The van der Waals surface area contributed by atoms with Crippen LogP contribution >= 0.6 is 11.8 Å². The Morgan fingerprint density at radius 2 is 1.60 bits per heavy atom. The number of hydrogen-bond donors (Lipinski definition) is 0. The minimum atomic E-state index is -0.744. The van der Waals surface area contributed by atoms with E-state index < -0.39 is 17.3 Å². The maximum atomic E-state index is 14.6. The Bertz CT molecular complexity index is 1570. The number of amides is 1. The van der Waals surface area contributed by atoms with Gasteiger partial charge in [0.1, 0.15) is 11.5 Å². The van der Waals surface area contributed by atoms with Gasteiger partial charge in [-0.2, -0.15) is 0 Å². The topological polar surface area (TPSA) is 64.3 Å². The number of anilines is 1. The van der Waals surface area contributed by atoms with Gasteiger partial charge in [-0.25, -0.2) is 9.07 Å². The lowest BCUT2D eigenvalue weighted by Gasteiger charge is -2.18. The number of para-hydroxylation sites is 1. The minimum Gasteiger partial charge on any atom is -0.288 e. The molecule has 0 aliphatic carbocycles. The zero-order valence-corrected chi connectivity index (χ0v) is 19.8. The maximum absolute atomic E-state index is 14.6. The molecule has 3 aromatic carbocycles. The molecule has 6 nitrogen and oxygen atoms in total. The first-order valence-electron chi connectivity index (χ1n) is 10.8. The molecule has 1 aliphatic heterocycles. The van der Waals surface area contributed by atoms with E-state index in [1.807, 2.05) is 18.2 Å². The fourth-order valence-corrected chi connectivity index (χ4v) is 5.08. The second kappa shape index (κ2) is 8.88. The Morgan fingerprint density at radius 3 is 2.31 bits per heavy atom. The van der Waals surface area contributed by atoms with Crippen molar-refractivity contribution in [1.29, 1.82) is 0 Å². The number of aromatic nitrogens is 2. The highest BCUT2D eigenvalue weighted by Gasteiger charge is 2.31. The van der Waals surface area contributed by atoms with Gasteiger partial charge in [0.05, 0.1) is 21.8 Å². The van der Waals surface area contributed by atoms with Crippen LogP contribution < -0.4 is 10.5 Å². The van der Waals surface area contributed by atoms with Crippen LogP contribution in [0.3, 0.4) is 0 Å². The molecule has 0 fully saturated rings. The largest absolute Gasteiger partial charge is 0.296 e. The summed E-state index contributed by atoms with van der Waals surface area (Å²) in [4.78, 5) is 42.5. The predicted molar refractivity (Wildman–Crippen MR) is 134 cm³/mol. The Morgan fingerprint density at radius 1 is 0.943 bits per heavy atom. The average molecular weight is 486 g/mol. The van der Waals surface area contributed by atoms with Gasteiger partial charge in [0.2, 0.25) is 5.78 Å². The minimum absolute atomic E-state index is 0.0430. The molecule has 0 N–H and O–H groups in total. The third kappa shape index (κ3) is 3.81. The summed E-state index contributed by atoms with van der Waals surface area (Å²) in [6.07, 6.45) is 1.35. The van der Waals surface area contributed by atoms with Gasteiger partial charge < -0.3 is 0 Å². The molecule has 0 radical (unpaired) electrons. The molecule has 4 aromatic rings. The summed E-state index contributed by atoms with van der Waals surface area (Å²) in [5.41, 5.74) is 0.985. The van der Waals surface area contributed by atoms with E-state index in [1.165, 1.54) is 40.8 Å². The van der Waals surface area contributed by atoms with Crippen molar-refractivity contribution >= 4 is 29.1 Å². The van der Waals surface area contributed by atoms with E-state index in [4.69, 9.17) is 0 Å². The van der Waals surface area contributed by atoms with Crippen LogP contribution in [0.25, 0.3) is 5.69 Å². The number of thioether (sulfide) groups is 1. The first-order valence-corrected chi connectivity index (χ1v) is 11.7. The van der Waals surface area contributed by atoms with Crippen LogP contribution in [0.1, 0.15) is 26.4 Å². The van der Waals surface area contributed by atoms with Gasteiger partial charge >= 0.3 is 0 Å². The highest BCUT2D eigenvalue weighted by Crippen LogP contribution is 2.40. The Balaban J connectivity index is 1.71. The molecule has 35 heavy (non-hydrogen) atoms. The molecule has 174 valence electrons. The summed E-state index contributed by atoms with van der Waals surface area (Å²) in [6, 6.07) is 21.7. The van der Waals surface area contributed by atoms with Crippen molar-refractivity contribution in [3.05, 3.63) is 123 Å². The summed E-state index contributed by atoms with van der Waals surface area (Å²) in [5, 5.41) is 0. The van der Waals surface area contributed by atoms with Gasteiger partial charge in [0, 0.05) is 23.7 Å². The number of nitrogens with zero attached hydrogens (tertiary/aromatic N) is 3. The van der Waals surface area contributed by atoms with E-state index in [1.54, 1.807) is 61.1 Å². The molecule has 8 heteroatoms. The molecule has 1 aromatic heterocycles. The third-order valence-corrected chi connectivity index (χ3v) is 7.00. The van der Waals surface area contributed by atoms with Gasteiger partial charge in [-0.1, -0.05) is 54.2 Å². The van der Waals surface area contributed by atoms with Crippen LogP contribution in [0.5, 0.6) is 0 Å². The molecule has 2 heterocycles. The van der Waals surface area contributed by atoms with Gasteiger partial charge in [-0.05, 0) is 43.3 Å². The van der Waals surface area contributed by atoms with Crippen LogP contribution in [0.15, 0.2) is 99.7 Å². The number of Topliss-reactive ketones (excluding diaryl/α,β-unsaturated/α-hetero) is 1. The lowest BCUT2D eigenvalue weighted by molar-refractivity contribution is 0.0993. The first kappa shape index (κ1) is 22.6. The van der Waals surface area contributed by atoms with Gasteiger partial charge in [-0.15, -0.1) is 0 Å². The van der Waals surface area contributed by atoms with Crippen LogP contribution in [0.4, 0.5) is 10.1 Å². The SMILES string of the molecule is Cc1c(N(/C=C2\Sc3ccccc3C2=O)C(=O)c2ccccc2F)c(=O)n(-c2ccccc2)n1C. The van der Waals surface area contributed by atoms with Crippen molar-refractivity contribution in [2.24, 2.45) is 7.05 Å². The summed E-state index contributed by atoms with van der Waals surface area (Å²) >= 11 is 1.21. The molecule has 5 rings (SSSR count). The van der Waals surface area contributed by atoms with Crippen molar-refractivity contribution < 1.29 is 14.0 Å². The summed E-state index contributed by atoms with van der Waals surface area (Å²) in [6.45, 7) is 1.70. The number of hydrogen-bond acceptors (Lipinski definition) is 4. The number of ketones is 1. The standard InChI is InChI=1S/C27H20FN3O3S/c1-17-24(27(34)31(29(17)2)18-10-4-3-5-11-18)30(26(33)19-12-6-8-14-21(19)28)16-23-25(32)20-13-7-9-15-22(20)35-23/h3-16H,1-2H3/b23-16-. The smallest absolute Gasteiger partial charge is 0.288 e. The molecule has 0 atom stereocenters. The molecule has 1 aliphatic rings. The normalized spacial score (nSPS) is 13.8. The highest BCUT2D eigenvalue weighted by molar-refractivity contribution is 8.04. The number of allylic oxidation sites excluding steroid dienone is 1. The molecule has 0 unspecified atom stereocenters. The van der Waals surface area contributed by atoms with Crippen LogP contribution in [-0.2, 0) is 7.05 Å². The van der Waals surface area contributed by atoms with Gasteiger partial charge in [0.15, 0.2) is 0 Å². The fourth-order valence-electron chi connectivity index (χ4n) is 4.06. The second-order valence-corrected chi connectivity index (χ2v) is 9.07. The fraction of sp³-hybridized carbons (Fsp3) is 0.0741. The number of fused-ring (bicyclic) bond motifs is 1. The van der Waals surface area contributed by atoms with E-state index in [-0.39, 0.29) is 21.9 Å². The Hall–Kier alpha value is -4.17. The number of rotatable bonds is 4. The number of benzene rings is 3. The van der Waals surface area contributed by atoms with E-state index in [0.29, 0.717) is 16.9 Å². The molecule has 0 saturated heterocycles. The molecule has 0 bridgehead atoms. The number of carbonyl (C=O) groups excluding carboxylic acids is 2. The van der Waals surface area contributed by atoms with Crippen molar-refractivity contribution in [2.45, 2.75) is 11.8 Å². The van der Waals surface area contributed by atoms with Crippen molar-refractivity contribution in [1.82, 2.24) is 9.36 Å². The van der Waals surface area contributed by atoms with Crippen molar-refractivity contribution in [3.8, 4) is 5.69 Å². The highest BCUT2D eigenvalue weighted by atomic mass is 32.2. The zero-order valence-electron chi connectivity index (χ0n) is 18.9. The lowest BCUT2D eigenvalue weighted by Crippen LogP contribution is -2.32. The van der Waals surface area contributed by atoms with Crippen LogP contribution in [-0.4, -0.2) is 21.1 Å². The second-order valence-electron chi connectivity index (χ2n) is 7.99. The van der Waals surface area contributed by atoms with Crippen molar-refractivity contribution in [2.75, 3.05) is 4.90 Å². The molecular formula is C27H20FN3O3S. The third-order valence-electron chi connectivity index (χ3n) is 5.91. The number of carbonyl (C=O) groups is 2. The molecular weight excluding hydrogens is 465 g/mol. The lowest BCUT2D eigenvalue weighted by atomic mass is 10.1. The van der Waals surface area contributed by atoms with Crippen molar-refractivity contribution in [3.63, 3.8) is 0 Å². The summed E-state index contributed by atoms with van der Waals surface area (Å²) in [7, 11) is 1.71. The van der Waals surface area contributed by atoms with Crippen LogP contribution in [0.2, 0.25) is 0 Å². The Kier molecular flexibility index (Phi) is 5.74. The molecule has 1 amide bonds. The average Bonchev–Trinajstić information content (AvgIpc) is 3.30. The maximum Gasteiger partial charge on any atom is 0.296 e. The predicted octanol–water partition coefficient (Wildman–Crippen LogP) is 5.10. The van der Waals surface area contributed by atoms with E-state index in [9.17, 15) is 18.8 Å². The van der Waals surface area contributed by atoms with E-state index in [2.05, 4.69) is 0 Å². The zero-order chi connectivity index (χ0) is 24.7. The van der Waals surface area contributed by atoms with E-state index >= 15 is 0 Å². The van der Waals surface area contributed by atoms with Gasteiger partial charge in [0.25, 0.3) is 11.5 Å². The molecule has 0 spiro atoms. The summed E-state index contributed by atoms with van der Waals surface area (Å²) < 4.78 is 17.7. The molecule has 0 saturated carbocycles. The quantitative estimate of drug-likeness (QED) is 0.377.